The van der Waals surface area contributed by atoms with Gasteiger partial charge in [-0.05, 0) is 48.9 Å². The van der Waals surface area contributed by atoms with E-state index in [1.54, 1.807) is 7.11 Å². The predicted molar refractivity (Wildman–Crippen MR) is 99.7 cm³/mol. The van der Waals surface area contributed by atoms with E-state index in [9.17, 15) is 0 Å². The molecule has 1 aliphatic carbocycles. The number of hydrogen-bond acceptors (Lipinski definition) is 3. The zero-order valence-corrected chi connectivity index (χ0v) is 14.4. The maximum atomic E-state index is 5.32. The van der Waals surface area contributed by atoms with E-state index in [0.29, 0.717) is 0 Å². The molecule has 0 heterocycles. The molecule has 0 bridgehead atoms. The van der Waals surface area contributed by atoms with E-state index >= 15 is 0 Å². The molecular formula is C20H23NOS. The molecule has 0 N–H and O–H groups in total. The zero-order chi connectivity index (χ0) is 16.1. The van der Waals surface area contributed by atoms with Gasteiger partial charge in [-0.2, -0.15) is 0 Å². The smallest absolute Gasteiger partial charge is 0.118 e. The summed E-state index contributed by atoms with van der Waals surface area (Å²) in [6, 6.07) is 18.9. The molecule has 0 aliphatic heterocycles. The van der Waals surface area contributed by atoms with Crippen LogP contribution < -0.4 is 4.74 Å². The summed E-state index contributed by atoms with van der Waals surface area (Å²) >= 11 is 4.34. The van der Waals surface area contributed by atoms with E-state index in [4.69, 9.17) is 4.74 Å². The summed E-state index contributed by atoms with van der Waals surface area (Å²) in [5.74, 6) is 0.892. The minimum absolute atomic E-state index is 0.0480. The second kappa shape index (κ2) is 7.22. The maximum Gasteiger partial charge on any atom is 0.118 e. The Morgan fingerprint density at radius 1 is 0.957 bits per heavy atom. The normalized spacial score (nSPS) is 17.7. The molecule has 0 spiro atoms. The lowest BCUT2D eigenvalue weighted by Gasteiger charge is -2.39. The Hall–Kier alpha value is -1.74. The first kappa shape index (κ1) is 16.1. The second-order valence-corrected chi connectivity index (χ2v) is 6.39. The van der Waals surface area contributed by atoms with Crippen molar-refractivity contribution in [3.63, 3.8) is 0 Å². The van der Waals surface area contributed by atoms with E-state index in [1.165, 1.54) is 30.4 Å². The number of methoxy groups -OCH3 is 1. The van der Waals surface area contributed by atoms with Gasteiger partial charge < -0.3 is 4.74 Å². The van der Waals surface area contributed by atoms with Gasteiger partial charge in [0.05, 0.1) is 12.8 Å². The Labute approximate surface area is 144 Å². The molecule has 1 saturated carbocycles. The fraction of sp³-hybridized carbons (Fsp3) is 0.350. The van der Waals surface area contributed by atoms with Gasteiger partial charge in [0.15, 0.2) is 0 Å². The molecular weight excluding hydrogens is 302 g/mol. The minimum atomic E-state index is -0.0480. The van der Waals surface area contributed by atoms with Gasteiger partial charge in [0.25, 0.3) is 0 Å². The molecule has 2 nitrogen and oxygen atoms in total. The van der Waals surface area contributed by atoms with Gasteiger partial charge in [-0.15, -0.1) is 0 Å². The third-order valence-corrected chi connectivity index (χ3v) is 5.15. The van der Waals surface area contributed by atoms with Crippen LogP contribution in [0.15, 0.2) is 59.0 Å². The molecule has 2 aromatic carbocycles. The Kier molecular flexibility index (Phi) is 5.06. The fourth-order valence-electron chi connectivity index (χ4n) is 3.75. The predicted octanol–water partition coefficient (Wildman–Crippen LogP) is 5.23. The first-order valence-corrected chi connectivity index (χ1v) is 8.63. The van der Waals surface area contributed by atoms with Crippen LogP contribution in [0.3, 0.4) is 0 Å². The average molecular weight is 325 g/mol. The first-order chi connectivity index (χ1) is 11.3. The molecule has 0 radical (unpaired) electrons. The summed E-state index contributed by atoms with van der Waals surface area (Å²) in [4.78, 5) is 0. The second-order valence-electron chi connectivity index (χ2n) is 6.19. The van der Waals surface area contributed by atoms with Crippen LogP contribution in [-0.2, 0) is 5.41 Å². The van der Waals surface area contributed by atoms with E-state index in [2.05, 4.69) is 53.6 Å². The van der Waals surface area contributed by atoms with E-state index in [-0.39, 0.29) is 5.41 Å². The summed E-state index contributed by atoms with van der Waals surface area (Å²) in [5.41, 5.74) is 3.52. The highest BCUT2D eigenvalue weighted by atomic mass is 32.1. The van der Waals surface area contributed by atoms with Gasteiger partial charge in [-0.25, -0.2) is 4.40 Å². The maximum absolute atomic E-state index is 5.32. The van der Waals surface area contributed by atoms with Crippen molar-refractivity contribution in [2.45, 2.75) is 37.5 Å². The van der Waals surface area contributed by atoms with Gasteiger partial charge in [-0.3, -0.25) is 0 Å². The van der Waals surface area contributed by atoms with Crippen molar-refractivity contribution in [3.05, 3.63) is 65.7 Å². The van der Waals surface area contributed by atoms with Crippen molar-refractivity contribution >= 4 is 18.5 Å². The van der Waals surface area contributed by atoms with Crippen LogP contribution in [0, 0.1) is 0 Å². The number of ether oxygens (including phenoxy) is 1. The van der Waals surface area contributed by atoms with Crippen LogP contribution in [0.2, 0.25) is 0 Å². The highest BCUT2D eigenvalue weighted by Crippen LogP contribution is 2.43. The van der Waals surface area contributed by atoms with Crippen molar-refractivity contribution in [3.8, 4) is 5.75 Å². The van der Waals surface area contributed by atoms with Gasteiger partial charge in [0.1, 0.15) is 5.75 Å². The van der Waals surface area contributed by atoms with Crippen LogP contribution in [0.1, 0.15) is 43.2 Å². The average Bonchev–Trinajstić information content (AvgIpc) is 2.64. The quantitative estimate of drug-likeness (QED) is 0.603. The minimum Gasteiger partial charge on any atom is -0.497 e. The van der Waals surface area contributed by atoms with E-state index in [1.807, 2.05) is 18.2 Å². The van der Waals surface area contributed by atoms with Crippen molar-refractivity contribution in [2.75, 3.05) is 7.11 Å². The van der Waals surface area contributed by atoms with Gasteiger partial charge in [0.2, 0.25) is 0 Å². The SMILES string of the molecule is COc1ccc(C2(C(=NS)c3ccccc3)CCCCC2)cc1. The van der Waals surface area contributed by atoms with Crippen LogP contribution in [0.5, 0.6) is 5.75 Å². The van der Waals surface area contributed by atoms with Gasteiger partial charge in [-0.1, -0.05) is 61.7 Å². The van der Waals surface area contributed by atoms with Gasteiger partial charge >= 0.3 is 0 Å². The third kappa shape index (κ3) is 3.16. The molecule has 0 atom stereocenters. The third-order valence-electron chi connectivity index (χ3n) is 4.95. The molecule has 0 saturated heterocycles. The molecule has 0 unspecified atom stereocenters. The van der Waals surface area contributed by atoms with Crippen LogP contribution >= 0.6 is 12.8 Å². The molecule has 0 aromatic heterocycles. The number of benzene rings is 2. The largest absolute Gasteiger partial charge is 0.497 e. The van der Waals surface area contributed by atoms with Gasteiger partial charge in [0, 0.05) is 5.41 Å². The van der Waals surface area contributed by atoms with Crippen molar-refractivity contribution in [1.82, 2.24) is 0 Å². The summed E-state index contributed by atoms with van der Waals surface area (Å²) in [7, 11) is 1.70. The first-order valence-electron chi connectivity index (χ1n) is 8.23. The summed E-state index contributed by atoms with van der Waals surface area (Å²) in [5, 5.41) is 0. The molecule has 0 amide bonds. The van der Waals surface area contributed by atoms with Crippen molar-refractivity contribution in [1.29, 1.82) is 0 Å². The van der Waals surface area contributed by atoms with Crippen molar-refractivity contribution in [2.24, 2.45) is 4.40 Å². The molecule has 3 rings (SSSR count). The van der Waals surface area contributed by atoms with Crippen LogP contribution in [0.25, 0.3) is 0 Å². The number of thiol groups is 1. The standard InChI is InChI=1S/C20H23NOS/c1-22-18-12-10-17(11-13-18)20(14-6-3-7-15-20)19(21-23)16-8-4-2-5-9-16/h2,4-5,8-13,23H,3,6-7,14-15H2,1H3. The van der Waals surface area contributed by atoms with Crippen LogP contribution in [0.4, 0.5) is 0 Å². The van der Waals surface area contributed by atoms with E-state index in [0.717, 1.165) is 24.3 Å². The Morgan fingerprint density at radius 3 is 2.17 bits per heavy atom. The summed E-state index contributed by atoms with van der Waals surface area (Å²) in [6.07, 6.45) is 5.99. The highest BCUT2D eigenvalue weighted by molar-refractivity contribution is 7.79. The highest BCUT2D eigenvalue weighted by Gasteiger charge is 2.39. The number of rotatable bonds is 4. The lowest BCUT2D eigenvalue weighted by molar-refractivity contribution is 0.379. The Morgan fingerprint density at radius 2 is 1.61 bits per heavy atom. The molecule has 1 aliphatic rings. The zero-order valence-electron chi connectivity index (χ0n) is 13.5. The molecule has 2 aromatic rings. The summed E-state index contributed by atoms with van der Waals surface area (Å²) < 4.78 is 9.77. The lowest BCUT2D eigenvalue weighted by atomic mass is 9.65. The molecule has 1 fully saturated rings. The summed E-state index contributed by atoms with van der Waals surface area (Å²) in [6.45, 7) is 0. The fourth-order valence-corrected chi connectivity index (χ4v) is 4.06. The van der Waals surface area contributed by atoms with Crippen molar-refractivity contribution < 1.29 is 4.74 Å². The Balaban J connectivity index is 2.08. The van der Waals surface area contributed by atoms with E-state index < -0.39 is 0 Å². The lowest BCUT2D eigenvalue weighted by Crippen LogP contribution is -2.38. The monoisotopic (exact) mass is 325 g/mol. The number of nitrogens with zero attached hydrogens (tertiary/aromatic N) is 1. The Bertz CT molecular complexity index is 658. The molecule has 23 heavy (non-hydrogen) atoms. The topological polar surface area (TPSA) is 21.6 Å². The molecule has 120 valence electrons. The molecule has 3 heteroatoms. The number of hydrogen-bond donors (Lipinski definition) is 1. The van der Waals surface area contributed by atoms with Crippen LogP contribution in [-0.4, -0.2) is 12.8 Å².